The van der Waals surface area contributed by atoms with Crippen molar-refractivity contribution in [1.82, 2.24) is 9.88 Å². The molecule has 2 heterocycles. The van der Waals surface area contributed by atoms with Gasteiger partial charge in [-0.1, -0.05) is 0 Å². The van der Waals surface area contributed by atoms with Crippen molar-refractivity contribution in [1.29, 1.82) is 0 Å². The van der Waals surface area contributed by atoms with Crippen LogP contribution in [-0.2, 0) is 19.2 Å². The summed E-state index contributed by atoms with van der Waals surface area (Å²) in [5.41, 5.74) is 1.14. The minimum Gasteiger partial charge on any atom is -0.466 e. The topological polar surface area (TPSA) is 50.3 Å². The Kier molecular flexibility index (Phi) is 3.83. The van der Waals surface area contributed by atoms with Gasteiger partial charge >= 0.3 is 0 Å². The first-order valence-corrected chi connectivity index (χ1v) is 6.50. The van der Waals surface area contributed by atoms with Gasteiger partial charge in [0, 0.05) is 38.1 Å². The van der Waals surface area contributed by atoms with Crippen LogP contribution in [0.1, 0.15) is 29.6 Å². The van der Waals surface area contributed by atoms with Crippen LogP contribution in [0.3, 0.4) is 0 Å². The molecule has 104 valence electrons. The number of hydrogen-bond acceptors (Lipinski definition) is 3. The van der Waals surface area contributed by atoms with Gasteiger partial charge in [0.15, 0.2) is 0 Å². The zero-order valence-electron chi connectivity index (χ0n) is 12.0. The average Bonchev–Trinajstić information content (AvgIpc) is 2.85. The molecule has 4 nitrogen and oxygen atoms in total. The predicted molar refractivity (Wildman–Crippen MR) is 74.9 cm³/mol. The molecule has 0 bridgehead atoms. The van der Waals surface area contributed by atoms with E-state index in [0.717, 1.165) is 23.6 Å². The number of hydrogen-bond donors (Lipinski definition) is 2. The molecule has 0 aromatic carbocycles. The van der Waals surface area contributed by atoms with Crippen LogP contribution in [-0.4, -0.2) is 16.2 Å². The summed E-state index contributed by atoms with van der Waals surface area (Å²) in [6.45, 7) is 6.81. The van der Waals surface area contributed by atoms with Gasteiger partial charge in [-0.15, -0.1) is 0 Å². The van der Waals surface area contributed by atoms with Gasteiger partial charge in [0.25, 0.3) is 0 Å². The number of nitrogens with zero attached hydrogens (tertiary/aromatic N) is 1. The summed E-state index contributed by atoms with van der Waals surface area (Å²) in [5, 5.41) is 13.8. The van der Waals surface area contributed by atoms with E-state index in [9.17, 15) is 5.11 Å². The zero-order valence-corrected chi connectivity index (χ0v) is 12.0. The molecule has 2 aromatic heterocycles. The van der Waals surface area contributed by atoms with E-state index < -0.39 is 5.60 Å². The molecule has 0 aliphatic heterocycles. The van der Waals surface area contributed by atoms with Gasteiger partial charge in [-0.3, -0.25) is 0 Å². The lowest BCUT2D eigenvalue weighted by Gasteiger charge is -2.23. The van der Waals surface area contributed by atoms with Crippen molar-refractivity contribution in [2.75, 3.05) is 6.54 Å². The van der Waals surface area contributed by atoms with Crippen molar-refractivity contribution in [2.45, 2.75) is 32.9 Å². The Hall–Kier alpha value is -1.52. The molecule has 4 heteroatoms. The van der Waals surface area contributed by atoms with Gasteiger partial charge in [0.2, 0.25) is 0 Å². The number of nitrogens with one attached hydrogen (secondary N) is 1. The third-order valence-electron chi connectivity index (χ3n) is 3.31. The van der Waals surface area contributed by atoms with Crippen LogP contribution < -0.4 is 5.32 Å². The number of aromatic nitrogens is 1. The summed E-state index contributed by atoms with van der Waals surface area (Å²) in [5.74, 6) is 1.61. The van der Waals surface area contributed by atoms with E-state index in [4.69, 9.17) is 4.42 Å². The van der Waals surface area contributed by atoms with E-state index in [1.807, 2.05) is 44.6 Å². The highest BCUT2D eigenvalue weighted by Crippen LogP contribution is 2.26. The van der Waals surface area contributed by atoms with Crippen LogP contribution in [0.2, 0.25) is 0 Å². The Morgan fingerprint density at radius 2 is 2.16 bits per heavy atom. The van der Waals surface area contributed by atoms with Crippen molar-refractivity contribution < 1.29 is 9.52 Å². The van der Waals surface area contributed by atoms with E-state index in [0.29, 0.717) is 6.54 Å². The summed E-state index contributed by atoms with van der Waals surface area (Å²) in [4.78, 5) is 0. The first-order valence-electron chi connectivity index (χ1n) is 6.50. The largest absolute Gasteiger partial charge is 0.466 e. The third kappa shape index (κ3) is 3.28. The number of furan rings is 1. The quantitative estimate of drug-likeness (QED) is 0.868. The summed E-state index contributed by atoms with van der Waals surface area (Å²) >= 11 is 0. The number of aliphatic hydroxyl groups is 1. The Bertz CT molecular complexity index is 552. The molecule has 0 spiro atoms. The summed E-state index contributed by atoms with van der Waals surface area (Å²) in [6.07, 6.45) is 4.08. The smallest absolute Gasteiger partial charge is 0.107 e. The molecular formula is C15H22N2O2. The van der Waals surface area contributed by atoms with Crippen molar-refractivity contribution in [3.05, 3.63) is 47.2 Å². The maximum absolute atomic E-state index is 10.5. The molecular weight excluding hydrogens is 240 g/mol. The van der Waals surface area contributed by atoms with Crippen LogP contribution in [0.15, 0.2) is 28.9 Å². The van der Waals surface area contributed by atoms with Gasteiger partial charge in [-0.25, -0.2) is 0 Å². The van der Waals surface area contributed by atoms with Crippen LogP contribution in [0.25, 0.3) is 0 Å². The van der Waals surface area contributed by atoms with E-state index in [1.54, 1.807) is 0 Å². The third-order valence-corrected chi connectivity index (χ3v) is 3.31. The summed E-state index contributed by atoms with van der Waals surface area (Å²) < 4.78 is 7.49. The second kappa shape index (κ2) is 5.23. The minimum absolute atomic E-state index is 0.488. The lowest BCUT2D eigenvalue weighted by atomic mass is 9.96. The molecule has 0 saturated heterocycles. The van der Waals surface area contributed by atoms with Crippen LogP contribution >= 0.6 is 0 Å². The maximum atomic E-state index is 10.5. The molecule has 1 atom stereocenters. The molecule has 0 aliphatic rings. The molecule has 0 radical (unpaired) electrons. The fraction of sp³-hybridized carbons (Fsp3) is 0.467. The molecule has 0 aliphatic carbocycles. The normalized spacial score (nSPS) is 14.6. The van der Waals surface area contributed by atoms with E-state index in [1.165, 1.54) is 5.56 Å². The molecule has 0 amide bonds. The second-order valence-electron chi connectivity index (χ2n) is 5.39. The zero-order chi connectivity index (χ0) is 14.0. The SMILES string of the molecule is Cc1cc(C(C)(O)CNCc2ccn(C)c2)c(C)o1. The standard InChI is InChI=1S/C15H22N2O2/c1-11-7-14(12(2)19-11)15(3,18)10-16-8-13-5-6-17(4)9-13/h5-7,9,16,18H,8,10H2,1-4H3. The van der Waals surface area contributed by atoms with Crippen LogP contribution in [0.4, 0.5) is 0 Å². The van der Waals surface area contributed by atoms with Gasteiger partial charge < -0.3 is 19.4 Å². The molecule has 19 heavy (non-hydrogen) atoms. The second-order valence-corrected chi connectivity index (χ2v) is 5.39. The number of rotatable bonds is 5. The monoisotopic (exact) mass is 262 g/mol. The van der Waals surface area contributed by atoms with Crippen molar-refractivity contribution in [3.8, 4) is 0 Å². The molecule has 0 fully saturated rings. The van der Waals surface area contributed by atoms with Gasteiger partial charge in [0.05, 0.1) is 0 Å². The highest BCUT2D eigenvalue weighted by atomic mass is 16.3. The highest BCUT2D eigenvalue weighted by Gasteiger charge is 2.27. The predicted octanol–water partition coefficient (Wildman–Crippen LogP) is 2.23. The minimum atomic E-state index is -0.920. The molecule has 1 unspecified atom stereocenters. The van der Waals surface area contributed by atoms with E-state index in [-0.39, 0.29) is 0 Å². The summed E-state index contributed by atoms with van der Waals surface area (Å²) in [6, 6.07) is 3.97. The fourth-order valence-electron chi connectivity index (χ4n) is 2.38. The van der Waals surface area contributed by atoms with Crippen LogP contribution in [0, 0.1) is 13.8 Å². The van der Waals surface area contributed by atoms with Gasteiger partial charge in [-0.2, -0.15) is 0 Å². The van der Waals surface area contributed by atoms with Crippen molar-refractivity contribution in [3.63, 3.8) is 0 Å². The fourth-order valence-corrected chi connectivity index (χ4v) is 2.38. The lowest BCUT2D eigenvalue weighted by Crippen LogP contribution is -2.35. The number of aryl methyl sites for hydroxylation is 3. The first kappa shape index (κ1) is 13.9. The molecule has 2 aromatic rings. The molecule has 2 rings (SSSR count). The first-order chi connectivity index (χ1) is 8.88. The average molecular weight is 262 g/mol. The molecule has 2 N–H and O–H groups in total. The van der Waals surface area contributed by atoms with E-state index >= 15 is 0 Å². The van der Waals surface area contributed by atoms with Gasteiger partial charge in [-0.05, 0) is 38.5 Å². The van der Waals surface area contributed by atoms with Crippen LogP contribution in [0.5, 0.6) is 0 Å². The maximum Gasteiger partial charge on any atom is 0.107 e. The molecule has 0 saturated carbocycles. The Morgan fingerprint density at radius 3 is 2.68 bits per heavy atom. The lowest BCUT2D eigenvalue weighted by molar-refractivity contribution is 0.0552. The van der Waals surface area contributed by atoms with E-state index in [2.05, 4.69) is 17.6 Å². The van der Waals surface area contributed by atoms with Crippen molar-refractivity contribution in [2.24, 2.45) is 7.05 Å². The van der Waals surface area contributed by atoms with Crippen molar-refractivity contribution >= 4 is 0 Å². The Balaban J connectivity index is 1.96. The van der Waals surface area contributed by atoms with Gasteiger partial charge in [0.1, 0.15) is 17.1 Å². The Labute approximate surface area is 114 Å². The Morgan fingerprint density at radius 1 is 1.42 bits per heavy atom. The summed E-state index contributed by atoms with van der Waals surface area (Å²) in [7, 11) is 2.00. The highest BCUT2D eigenvalue weighted by molar-refractivity contribution is 5.26.